The highest BCUT2D eigenvalue weighted by Gasteiger charge is 2.62. The van der Waals surface area contributed by atoms with Crippen molar-refractivity contribution in [3.05, 3.63) is 0 Å². The van der Waals surface area contributed by atoms with E-state index in [1.54, 1.807) is 0 Å². The summed E-state index contributed by atoms with van der Waals surface area (Å²) in [5.41, 5.74) is 0. The fraction of sp³-hybridized carbons (Fsp3) is 1.00. The van der Waals surface area contributed by atoms with Crippen LogP contribution in [-0.2, 0) is 0 Å². The lowest BCUT2D eigenvalue weighted by atomic mass is 10.6. The summed E-state index contributed by atoms with van der Waals surface area (Å²) in [5, 5.41) is 0. The largest absolute Gasteiger partial charge is 0.323 e. The molecule has 0 bridgehead atoms. The van der Waals surface area contributed by atoms with Crippen molar-refractivity contribution >= 4 is 15.8 Å². The van der Waals surface area contributed by atoms with E-state index in [0.717, 1.165) is 39.3 Å². The van der Waals surface area contributed by atoms with E-state index in [2.05, 4.69) is 86.7 Å². The average Bonchev–Trinajstić information content (AvgIpc) is 2.57. The van der Waals surface area contributed by atoms with Crippen molar-refractivity contribution in [2.45, 2.75) is 68.5 Å². The Labute approximate surface area is 155 Å². The minimum absolute atomic E-state index is 1.16. The summed E-state index contributed by atoms with van der Waals surface area (Å²) in [7, 11) is -3.63. The summed E-state index contributed by atoms with van der Waals surface area (Å²) in [6.45, 7) is 33.5. The molecule has 0 amide bonds. The van der Waals surface area contributed by atoms with Crippen molar-refractivity contribution < 1.29 is 0 Å². The van der Waals surface area contributed by atoms with E-state index in [9.17, 15) is 0 Å². The first-order chi connectivity index (χ1) is 11.3. The first-order valence-corrected chi connectivity index (χ1v) is 16.1. The Morgan fingerprint density at radius 3 is 0.792 bits per heavy atom. The molecule has 0 heterocycles. The van der Waals surface area contributed by atoms with Gasteiger partial charge in [0.05, 0.1) is 0 Å². The standard InChI is InChI=1S/C18H46N4Si2/c1-11-19(12-2)23(9,10)24(20(13-3)14-4,21(15-5)16-6)22(17-7)18-8/h11-18H2,1-10H3. The maximum absolute atomic E-state index is 2.89. The highest BCUT2D eigenvalue weighted by atomic mass is 29.3. The molecule has 0 unspecified atom stereocenters. The van der Waals surface area contributed by atoms with E-state index in [1.807, 2.05) is 0 Å². The Balaban J connectivity index is 6.67. The van der Waals surface area contributed by atoms with Gasteiger partial charge in [-0.25, -0.2) is 0 Å². The number of hydrogen-bond acceptors (Lipinski definition) is 4. The second kappa shape index (κ2) is 11.1. The van der Waals surface area contributed by atoms with Crippen molar-refractivity contribution in [3.8, 4) is 0 Å². The Kier molecular flexibility index (Phi) is 11.2. The first-order valence-electron chi connectivity index (χ1n) is 10.3. The third kappa shape index (κ3) is 4.15. The summed E-state index contributed by atoms with van der Waals surface area (Å²) in [6.07, 6.45) is 0. The molecule has 6 heteroatoms. The molecule has 0 aromatic carbocycles. The van der Waals surface area contributed by atoms with Gasteiger partial charge in [0.15, 0.2) is 7.75 Å². The quantitative estimate of drug-likeness (QED) is 0.457. The zero-order valence-corrected chi connectivity index (χ0v) is 20.4. The lowest BCUT2D eigenvalue weighted by molar-refractivity contribution is 0.273. The minimum Gasteiger partial charge on any atom is -0.323 e. The molecule has 0 aliphatic rings. The molecule has 0 rings (SSSR count). The zero-order chi connectivity index (χ0) is 19.0. The summed E-state index contributed by atoms with van der Waals surface area (Å²) in [5.74, 6) is 0. The SMILES string of the molecule is CCN(CC)[Si](C)(C)[Si](N(CC)CC)(N(CC)CC)N(CC)CC. The van der Waals surface area contributed by atoms with Crippen LogP contribution in [0.25, 0.3) is 0 Å². The molecule has 146 valence electrons. The smallest absolute Gasteiger partial charge is 0.288 e. The predicted octanol–water partition coefficient (Wildman–Crippen LogP) is 3.58. The molecule has 0 aliphatic carbocycles. The fourth-order valence-electron chi connectivity index (χ4n) is 4.98. The maximum Gasteiger partial charge on any atom is 0.288 e. The van der Waals surface area contributed by atoms with Crippen LogP contribution >= 0.6 is 0 Å². The minimum atomic E-state index is -1.95. The summed E-state index contributed by atoms with van der Waals surface area (Å²) in [6, 6.07) is 0. The van der Waals surface area contributed by atoms with Crippen LogP contribution in [0.1, 0.15) is 55.4 Å². The molecule has 4 nitrogen and oxygen atoms in total. The van der Waals surface area contributed by atoms with Crippen LogP contribution in [0.3, 0.4) is 0 Å². The fourth-order valence-corrected chi connectivity index (χ4v) is 25.2. The van der Waals surface area contributed by atoms with Crippen LogP contribution in [-0.4, -0.2) is 86.4 Å². The van der Waals surface area contributed by atoms with Gasteiger partial charge in [-0.3, -0.25) is 0 Å². The zero-order valence-electron chi connectivity index (χ0n) is 18.4. The molecule has 0 N–H and O–H groups in total. The molecule has 0 aliphatic heterocycles. The lowest BCUT2D eigenvalue weighted by Crippen LogP contribution is -2.89. The Morgan fingerprint density at radius 2 is 0.625 bits per heavy atom. The first kappa shape index (κ1) is 24.3. The number of rotatable bonds is 13. The van der Waals surface area contributed by atoms with Gasteiger partial charge in [-0.1, -0.05) is 68.5 Å². The van der Waals surface area contributed by atoms with Gasteiger partial charge in [0.2, 0.25) is 0 Å². The molecular formula is C18H46N4Si2. The van der Waals surface area contributed by atoms with Gasteiger partial charge in [-0.2, -0.15) is 0 Å². The van der Waals surface area contributed by atoms with E-state index >= 15 is 0 Å². The van der Waals surface area contributed by atoms with Crippen molar-refractivity contribution in [1.29, 1.82) is 0 Å². The molecule has 0 spiro atoms. The van der Waals surface area contributed by atoms with Crippen LogP contribution in [0.4, 0.5) is 0 Å². The van der Waals surface area contributed by atoms with Gasteiger partial charge in [0.25, 0.3) is 8.08 Å². The van der Waals surface area contributed by atoms with E-state index in [4.69, 9.17) is 0 Å². The van der Waals surface area contributed by atoms with Gasteiger partial charge in [-0.05, 0) is 52.4 Å². The van der Waals surface area contributed by atoms with Crippen LogP contribution in [0.2, 0.25) is 13.1 Å². The molecule has 0 saturated carbocycles. The highest BCUT2D eigenvalue weighted by Crippen LogP contribution is 2.32. The molecule has 24 heavy (non-hydrogen) atoms. The van der Waals surface area contributed by atoms with Crippen molar-refractivity contribution in [2.24, 2.45) is 0 Å². The van der Waals surface area contributed by atoms with Crippen LogP contribution in [0.15, 0.2) is 0 Å². The van der Waals surface area contributed by atoms with Crippen LogP contribution in [0, 0.1) is 0 Å². The highest BCUT2D eigenvalue weighted by molar-refractivity contribution is 7.37. The van der Waals surface area contributed by atoms with Crippen LogP contribution < -0.4 is 0 Å². The second-order valence-corrected chi connectivity index (χ2v) is 19.5. The molecule has 0 fully saturated rings. The summed E-state index contributed by atoms with van der Waals surface area (Å²) < 4.78 is 11.5. The van der Waals surface area contributed by atoms with E-state index < -0.39 is 15.8 Å². The van der Waals surface area contributed by atoms with E-state index in [0.29, 0.717) is 0 Å². The summed E-state index contributed by atoms with van der Waals surface area (Å²) >= 11 is 0. The molecular weight excluding hydrogens is 328 g/mol. The number of nitrogens with zero attached hydrogens (tertiary/aromatic N) is 4. The third-order valence-corrected chi connectivity index (χ3v) is 23.1. The Hall–Kier alpha value is 0.274. The molecule has 0 aromatic heterocycles. The predicted molar refractivity (Wildman–Crippen MR) is 115 cm³/mol. The normalized spacial score (nSPS) is 13.8. The maximum atomic E-state index is 2.89. The van der Waals surface area contributed by atoms with Gasteiger partial charge < -0.3 is 18.3 Å². The second-order valence-electron chi connectivity index (χ2n) is 6.88. The van der Waals surface area contributed by atoms with Crippen molar-refractivity contribution in [1.82, 2.24) is 18.3 Å². The van der Waals surface area contributed by atoms with Gasteiger partial charge in [0.1, 0.15) is 0 Å². The van der Waals surface area contributed by atoms with Crippen molar-refractivity contribution in [3.63, 3.8) is 0 Å². The molecule has 0 saturated heterocycles. The van der Waals surface area contributed by atoms with Gasteiger partial charge >= 0.3 is 0 Å². The van der Waals surface area contributed by atoms with Crippen LogP contribution in [0.5, 0.6) is 0 Å². The topological polar surface area (TPSA) is 13.0 Å². The van der Waals surface area contributed by atoms with Gasteiger partial charge in [0, 0.05) is 0 Å². The number of hydrogen-bond donors (Lipinski definition) is 0. The average molecular weight is 375 g/mol. The molecule has 0 aromatic rings. The Bertz CT molecular complexity index is 292. The molecule has 0 radical (unpaired) electrons. The van der Waals surface area contributed by atoms with E-state index in [-0.39, 0.29) is 0 Å². The summed E-state index contributed by atoms with van der Waals surface area (Å²) in [4.78, 5) is 0. The van der Waals surface area contributed by atoms with E-state index in [1.165, 1.54) is 13.1 Å². The lowest BCUT2D eigenvalue weighted by Gasteiger charge is -2.61. The molecule has 0 atom stereocenters. The monoisotopic (exact) mass is 374 g/mol. The Morgan fingerprint density at radius 1 is 0.417 bits per heavy atom. The van der Waals surface area contributed by atoms with Gasteiger partial charge in [-0.15, -0.1) is 0 Å². The van der Waals surface area contributed by atoms with Crippen molar-refractivity contribution in [2.75, 3.05) is 52.4 Å². The third-order valence-electron chi connectivity index (χ3n) is 5.99.